The zero-order valence-electron chi connectivity index (χ0n) is 11.3. The van der Waals surface area contributed by atoms with Crippen LogP contribution in [0.1, 0.15) is 19.3 Å². The second-order valence-corrected chi connectivity index (χ2v) is 6.61. The lowest BCUT2D eigenvalue weighted by molar-refractivity contribution is -0.146. The van der Waals surface area contributed by atoms with E-state index < -0.39 is 34.5 Å². The number of nitrogens with zero attached hydrogens (tertiary/aromatic N) is 2. The van der Waals surface area contributed by atoms with Crippen molar-refractivity contribution in [3.8, 4) is 12.3 Å². The summed E-state index contributed by atoms with van der Waals surface area (Å²) in [6.07, 6.45) is 7.96. The molecule has 0 aromatic rings. The summed E-state index contributed by atoms with van der Waals surface area (Å²) >= 11 is 0. The molecule has 0 radical (unpaired) electrons. The summed E-state index contributed by atoms with van der Waals surface area (Å²) in [5.74, 6) is 0.490. The van der Waals surface area contributed by atoms with Crippen molar-refractivity contribution in [2.45, 2.75) is 25.3 Å². The topological polar surface area (TPSA) is 95.0 Å². The second-order valence-electron chi connectivity index (χ2n) is 4.68. The molecule has 1 aliphatic heterocycles. The first kappa shape index (κ1) is 16.5. The van der Waals surface area contributed by atoms with Gasteiger partial charge in [0, 0.05) is 6.54 Å². The molecule has 0 saturated carbocycles. The van der Waals surface area contributed by atoms with Gasteiger partial charge in [-0.15, -0.1) is 6.42 Å². The van der Waals surface area contributed by atoms with Gasteiger partial charge in [0.1, 0.15) is 12.6 Å². The SMILES string of the molecule is C#CCN(CC(=O)O)C(=O)C1CCCCN1S(C)(=O)=O. The van der Waals surface area contributed by atoms with Gasteiger partial charge >= 0.3 is 5.97 Å². The molecule has 1 unspecified atom stereocenters. The summed E-state index contributed by atoms with van der Waals surface area (Å²) in [6, 6.07) is -0.855. The predicted molar refractivity (Wildman–Crippen MR) is 72.2 cm³/mol. The van der Waals surface area contributed by atoms with Crippen molar-refractivity contribution < 1.29 is 23.1 Å². The molecule has 0 aliphatic carbocycles. The average Bonchev–Trinajstić information content (AvgIpc) is 2.36. The Hall–Kier alpha value is -1.59. The molecule has 0 spiro atoms. The van der Waals surface area contributed by atoms with E-state index in [4.69, 9.17) is 11.5 Å². The van der Waals surface area contributed by atoms with Crippen molar-refractivity contribution in [2.24, 2.45) is 0 Å². The summed E-state index contributed by atoms with van der Waals surface area (Å²) in [6.45, 7) is -0.414. The number of hydrogen-bond donors (Lipinski definition) is 1. The summed E-state index contributed by atoms with van der Waals surface area (Å²) in [7, 11) is -3.51. The van der Waals surface area contributed by atoms with Crippen LogP contribution in [0.25, 0.3) is 0 Å². The monoisotopic (exact) mass is 302 g/mol. The number of carboxylic acids is 1. The molecule has 0 aromatic heterocycles. The van der Waals surface area contributed by atoms with Crippen LogP contribution in [-0.2, 0) is 19.6 Å². The lowest BCUT2D eigenvalue weighted by atomic mass is 10.0. The lowest BCUT2D eigenvalue weighted by Gasteiger charge is -2.35. The van der Waals surface area contributed by atoms with Crippen molar-refractivity contribution in [2.75, 3.05) is 25.9 Å². The molecule has 1 atom stereocenters. The van der Waals surface area contributed by atoms with Gasteiger partial charge in [0.05, 0.1) is 12.8 Å². The fourth-order valence-electron chi connectivity index (χ4n) is 2.24. The van der Waals surface area contributed by atoms with Crippen LogP contribution in [-0.4, -0.2) is 66.5 Å². The summed E-state index contributed by atoms with van der Waals surface area (Å²) < 4.78 is 24.5. The number of sulfonamides is 1. The Bertz CT molecular complexity index is 522. The van der Waals surface area contributed by atoms with Crippen LogP contribution < -0.4 is 0 Å². The van der Waals surface area contributed by atoms with Gasteiger partial charge in [-0.3, -0.25) is 9.59 Å². The van der Waals surface area contributed by atoms with Crippen molar-refractivity contribution >= 4 is 21.9 Å². The Labute approximate surface area is 118 Å². The molecule has 1 rings (SSSR count). The molecular formula is C12H18N2O5S. The van der Waals surface area contributed by atoms with Gasteiger partial charge in [0.2, 0.25) is 15.9 Å². The fourth-order valence-corrected chi connectivity index (χ4v) is 3.36. The summed E-state index contributed by atoms with van der Waals surface area (Å²) in [5, 5.41) is 8.79. The number of terminal acetylenes is 1. The smallest absolute Gasteiger partial charge is 0.323 e. The van der Waals surface area contributed by atoms with E-state index in [0.29, 0.717) is 12.8 Å². The lowest BCUT2D eigenvalue weighted by Crippen LogP contribution is -2.53. The van der Waals surface area contributed by atoms with E-state index in [0.717, 1.165) is 21.9 Å². The first-order chi connectivity index (χ1) is 9.27. The molecule has 112 valence electrons. The van der Waals surface area contributed by atoms with E-state index in [1.165, 1.54) is 0 Å². The van der Waals surface area contributed by atoms with Crippen LogP contribution in [0.4, 0.5) is 0 Å². The van der Waals surface area contributed by atoms with E-state index in [-0.39, 0.29) is 13.1 Å². The van der Waals surface area contributed by atoms with Crippen molar-refractivity contribution in [3.63, 3.8) is 0 Å². The van der Waals surface area contributed by atoms with E-state index in [1.54, 1.807) is 0 Å². The summed E-state index contributed by atoms with van der Waals surface area (Å²) in [4.78, 5) is 24.1. The number of carboxylic acid groups (broad SMARTS) is 1. The molecule has 0 bridgehead atoms. The average molecular weight is 302 g/mol. The predicted octanol–water partition coefficient (Wildman–Crippen LogP) is -0.653. The van der Waals surface area contributed by atoms with Crippen LogP contribution in [0.3, 0.4) is 0 Å². The molecule has 1 heterocycles. The Kier molecular flexibility index (Phi) is 5.53. The Morgan fingerprint density at radius 2 is 2.10 bits per heavy atom. The Balaban J connectivity index is 2.95. The molecular weight excluding hydrogens is 284 g/mol. The van der Waals surface area contributed by atoms with Gasteiger partial charge in [-0.25, -0.2) is 8.42 Å². The molecule has 1 N–H and O–H groups in total. The second kappa shape index (κ2) is 6.72. The highest BCUT2D eigenvalue weighted by atomic mass is 32.2. The molecule has 20 heavy (non-hydrogen) atoms. The zero-order valence-corrected chi connectivity index (χ0v) is 12.1. The number of hydrogen-bond acceptors (Lipinski definition) is 4. The molecule has 1 fully saturated rings. The van der Waals surface area contributed by atoms with E-state index in [1.807, 2.05) is 0 Å². The maximum Gasteiger partial charge on any atom is 0.323 e. The third kappa shape index (κ3) is 4.21. The van der Waals surface area contributed by atoms with Gasteiger partial charge in [-0.05, 0) is 12.8 Å². The molecule has 1 aliphatic rings. The van der Waals surface area contributed by atoms with Crippen molar-refractivity contribution in [3.05, 3.63) is 0 Å². The number of piperidine rings is 1. The van der Waals surface area contributed by atoms with Crippen molar-refractivity contribution in [1.29, 1.82) is 0 Å². The Morgan fingerprint density at radius 1 is 1.45 bits per heavy atom. The highest BCUT2D eigenvalue weighted by Crippen LogP contribution is 2.21. The first-order valence-electron chi connectivity index (χ1n) is 6.18. The van der Waals surface area contributed by atoms with Gasteiger partial charge in [-0.2, -0.15) is 4.31 Å². The van der Waals surface area contributed by atoms with Crippen LogP contribution in [0.2, 0.25) is 0 Å². The largest absolute Gasteiger partial charge is 0.480 e. The Morgan fingerprint density at radius 3 is 2.60 bits per heavy atom. The number of rotatable bonds is 5. The summed E-state index contributed by atoms with van der Waals surface area (Å²) in [5.41, 5.74) is 0. The minimum atomic E-state index is -3.51. The third-order valence-corrected chi connectivity index (χ3v) is 4.37. The number of carbonyl (C=O) groups excluding carboxylic acids is 1. The molecule has 7 nitrogen and oxygen atoms in total. The van der Waals surface area contributed by atoms with Gasteiger partial charge in [-0.1, -0.05) is 12.3 Å². The maximum absolute atomic E-state index is 12.3. The van der Waals surface area contributed by atoms with Gasteiger partial charge < -0.3 is 10.0 Å². The molecule has 0 aromatic carbocycles. The van der Waals surface area contributed by atoms with Gasteiger partial charge in [0.15, 0.2) is 0 Å². The molecule has 1 amide bonds. The number of carbonyl (C=O) groups is 2. The van der Waals surface area contributed by atoms with Crippen LogP contribution in [0.15, 0.2) is 0 Å². The van der Waals surface area contributed by atoms with Crippen LogP contribution in [0, 0.1) is 12.3 Å². The highest BCUT2D eigenvalue weighted by Gasteiger charge is 2.36. The maximum atomic E-state index is 12.3. The van der Waals surface area contributed by atoms with Gasteiger partial charge in [0.25, 0.3) is 0 Å². The van der Waals surface area contributed by atoms with E-state index in [2.05, 4.69) is 5.92 Å². The standard InChI is InChI=1S/C12H18N2O5S/c1-3-7-13(9-11(15)16)12(17)10-6-4-5-8-14(10)20(2,18)19/h1,10H,4-9H2,2H3,(H,15,16). The van der Waals surface area contributed by atoms with E-state index >= 15 is 0 Å². The number of amides is 1. The quantitative estimate of drug-likeness (QED) is 0.681. The normalized spacial score (nSPS) is 20.1. The minimum absolute atomic E-state index is 0.154. The third-order valence-electron chi connectivity index (χ3n) is 3.08. The van der Waals surface area contributed by atoms with Crippen molar-refractivity contribution in [1.82, 2.24) is 9.21 Å². The van der Waals surface area contributed by atoms with E-state index in [9.17, 15) is 18.0 Å². The highest BCUT2D eigenvalue weighted by molar-refractivity contribution is 7.88. The van der Waals surface area contributed by atoms with Crippen LogP contribution >= 0.6 is 0 Å². The first-order valence-corrected chi connectivity index (χ1v) is 8.03. The zero-order chi connectivity index (χ0) is 15.3. The van der Waals surface area contributed by atoms with Crippen LogP contribution in [0.5, 0.6) is 0 Å². The molecule has 8 heteroatoms. The number of aliphatic carboxylic acids is 1. The molecule has 1 saturated heterocycles. The minimum Gasteiger partial charge on any atom is -0.480 e. The fraction of sp³-hybridized carbons (Fsp3) is 0.667.